The maximum atomic E-state index is 12.3. The Morgan fingerprint density at radius 1 is 1.33 bits per heavy atom. The molecule has 3 heterocycles. The van der Waals surface area contributed by atoms with Crippen LogP contribution in [0.1, 0.15) is 24.7 Å². The van der Waals surface area contributed by atoms with Gasteiger partial charge in [0, 0.05) is 37.8 Å². The average molecular weight is 345 g/mol. The summed E-state index contributed by atoms with van der Waals surface area (Å²) in [6.45, 7) is 2.19. The first-order chi connectivity index (χ1) is 11.8. The van der Waals surface area contributed by atoms with Crippen LogP contribution in [0.25, 0.3) is 11.0 Å². The predicted molar refractivity (Wildman–Crippen MR) is 93.7 cm³/mol. The number of piperidine rings is 1. The number of aromatic nitrogens is 4. The number of rotatable bonds is 4. The van der Waals surface area contributed by atoms with Crippen molar-refractivity contribution in [3.05, 3.63) is 40.6 Å². The Hall–Kier alpha value is -2.19. The van der Waals surface area contributed by atoms with Crippen LogP contribution >= 0.6 is 11.5 Å². The molecular formula is C16H19N5O2S. The molecule has 1 fully saturated rings. The van der Waals surface area contributed by atoms with E-state index in [1.807, 2.05) is 28.8 Å². The van der Waals surface area contributed by atoms with Crippen molar-refractivity contribution in [3.63, 3.8) is 0 Å². The van der Waals surface area contributed by atoms with E-state index in [4.69, 9.17) is 4.74 Å². The van der Waals surface area contributed by atoms with Crippen LogP contribution < -0.4 is 10.6 Å². The van der Waals surface area contributed by atoms with E-state index in [0.29, 0.717) is 6.61 Å². The Balaban J connectivity index is 1.51. The first-order valence-corrected chi connectivity index (χ1v) is 8.79. The van der Waals surface area contributed by atoms with E-state index in [0.717, 1.165) is 47.9 Å². The number of aromatic amines is 1. The molecule has 0 saturated carbocycles. The SMILES string of the molecule is COCc1nsc(N2CCC(n3c(=O)[nH]c4ccccc43)CC2)n1. The van der Waals surface area contributed by atoms with Gasteiger partial charge in [0.15, 0.2) is 5.82 Å². The summed E-state index contributed by atoms with van der Waals surface area (Å²) >= 11 is 1.41. The van der Waals surface area contributed by atoms with Crippen LogP contribution in [0.3, 0.4) is 0 Å². The summed E-state index contributed by atoms with van der Waals surface area (Å²) in [6.07, 6.45) is 1.84. The van der Waals surface area contributed by atoms with Crippen molar-refractivity contribution < 1.29 is 4.74 Å². The van der Waals surface area contributed by atoms with Gasteiger partial charge in [0.2, 0.25) is 5.13 Å². The second-order valence-corrected chi connectivity index (χ2v) is 6.69. The number of benzene rings is 1. The maximum absolute atomic E-state index is 12.3. The highest BCUT2D eigenvalue weighted by Gasteiger charge is 2.25. The summed E-state index contributed by atoms with van der Waals surface area (Å²) in [6, 6.07) is 8.08. The monoisotopic (exact) mass is 345 g/mol. The van der Waals surface area contributed by atoms with Gasteiger partial charge in [-0.25, -0.2) is 9.78 Å². The third kappa shape index (κ3) is 2.71. The van der Waals surface area contributed by atoms with Crippen molar-refractivity contribution in [2.75, 3.05) is 25.1 Å². The lowest BCUT2D eigenvalue weighted by atomic mass is 10.1. The zero-order valence-corrected chi connectivity index (χ0v) is 14.3. The molecule has 1 aliphatic heterocycles. The molecule has 3 aromatic rings. The molecule has 4 rings (SSSR count). The number of hydrogen-bond acceptors (Lipinski definition) is 6. The molecule has 0 spiro atoms. The molecule has 0 aliphatic carbocycles. The Morgan fingerprint density at radius 3 is 2.92 bits per heavy atom. The van der Waals surface area contributed by atoms with E-state index in [-0.39, 0.29) is 11.7 Å². The molecule has 0 bridgehead atoms. The number of fused-ring (bicyclic) bond motifs is 1. The third-order valence-electron chi connectivity index (χ3n) is 4.45. The molecular weight excluding hydrogens is 326 g/mol. The summed E-state index contributed by atoms with van der Waals surface area (Å²) in [4.78, 5) is 22.0. The van der Waals surface area contributed by atoms with Gasteiger partial charge in [0.1, 0.15) is 6.61 Å². The van der Waals surface area contributed by atoms with E-state index in [1.165, 1.54) is 11.5 Å². The van der Waals surface area contributed by atoms with Crippen molar-refractivity contribution in [3.8, 4) is 0 Å². The highest BCUT2D eigenvalue weighted by Crippen LogP contribution is 2.28. The first-order valence-electron chi connectivity index (χ1n) is 8.02. The average Bonchev–Trinajstić information content (AvgIpc) is 3.19. The van der Waals surface area contributed by atoms with Crippen LogP contribution in [-0.2, 0) is 11.3 Å². The Bertz CT molecular complexity index is 891. The van der Waals surface area contributed by atoms with Gasteiger partial charge < -0.3 is 14.6 Å². The number of hydrogen-bond donors (Lipinski definition) is 1. The lowest BCUT2D eigenvalue weighted by Gasteiger charge is -2.32. The number of ether oxygens (including phenoxy) is 1. The molecule has 1 N–H and O–H groups in total. The fraction of sp³-hybridized carbons (Fsp3) is 0.438. The Labute approximate surface area is 143 Å². The van der Waals surface area contributed by atoms with Gasteiger partial charge in [0.05, 0.1) is 11.0 Å². The van der Waals surface area contributed by atoms with E-state index in [2.05, 4.69) is 19.2 Å². The molecule has 126 valence electrons. The van der Waals surface area contributed by atoms with Crippen molar-refractivity contribution in [1.82, 2.24) is 18.9 Å². The third-order valence-corrected chi connectivity index (χ3v) is 5.27. The number of imidazole rings is 1. The number of nitrogens with one attached hydrogen (secondary N) is 1. The number of para-hydroxylation sites is 2. The molecule has 24 heavy (non-hydrogen) atoms. The normalized spacial score (nSPS) is 16.1. The highest BCUT2D eigenvalue weighted by molar-refractivity contribution is 7.09. The van der Waals surface area contributed by atoms with Crippen LogP contribution in [0.2, 0.25) is 0 Å². The predicted octanol–water partition coefficient (Wildman–Crippen LogP) is 2.17. The van der Waals surface area contributed by atoms with Gasteiger partial charge in [-0.1, -0.05) is 12.1 Å². The highest BCUT2D eigenvalue weighted by atomic mass is 32.1. The van der Waals surface area contributed by atoms with Crippen LogP contribution in [-0.4, -0.2) is 39.1 Å². The Kier molecular flexibility index (Phi) is 4.07. The van der Waals surface area contributed by atoms with Gasteiger partial charge >= 0.3 is 5.69 Å². The molecule has 1 aromatic carbocycles. The van der Waals surface area contributed by atoms with E-state index < -0.39 is 0 Å². The molecule has 0 unspecified atom stereocenters. The van der Waals surface area contributed by atoms with Gasteiger partial charge in [-0.05, 0) is 25.0 Å². The summed E-state index contributed by atoms with van der Waals surface area (Å²) in [7, 11) is 1.64. The minimum Gasteiger partial charge on any atom is -0.377 e. The van der Waals surface area contributed by atoms with Gasteiger partial charge in [-0.3, -0.25) is 4.57 Å². The quantitative estimate of drug-likeness (QED) is 0.784. The van der Waals surface area contributed by atoms with Crippen LogP contribution in [0, 0.1) is 0 Å². The van der Waals surface area contributed by atoms with Crippen LogP contribution in [0.4, 0.5) is 5.13 Å². The minimum absolute atomic E-state index is 0.0204. The molecule has 2 aromatic heterocycles. The number of methoxy groups -OCH3 is 1. The Morgan fingerprint density at radius 2 is 2.12 bits per heavy atom. The van der Waals surface area contributed by atoms with Gasteiger partial charge in [0.25, 0.3) is 0 Å². The van der Waals surface area contributed by atoms with Gasteiger partial charge in [-0.2, -0.15) is 4.37 Å². The summed E-state index contributed by atoms with van der Waals surface area (Å²) in [5.74, 6) is 0.729. The molecule has 0 atom stereocenters. The molecule has 1 saturated heterocycles. The summed E-state index contributed by atoms with van der Waals surface area (Å²) in [5, 5.41) is 0.937. The fourth-order valence-electron chi connectivity index (χ4n) is 3.31. The van der Waals surface area contributed by atoms with E-state index in [9.17, 15) is 4.79 Å². The number of nitrogens with zero attached hydrogens (tertiary/aromatic N) is 4. The molecule has 8 heteroatoms. The molecule has 7 nitrogen and oxygen atoms in total. The second kappa shape index (κ2) is 6.37. The van der Waals surface area contributed by atoms with Crippen molar-refractivity contribution in [2.24, 2.45) is 0 Å². The van der Waals surface area contributed by atoms with E-state index >= 15 is 0 Å². The number of H-pyrrole nitrogens is 1. The lowest BCUT2D eigenvalue weighted by Crippen LogP contribution is -2.37. The topological polar surface area (TPSA) is 76.0 Å². The smallest absolute Gasteiger partial charge is 0.326 e. The largest absolute Gasteiger partial charge is 0.377 e. The molecule has 0 amide bonds. The first kappa shape index (κ1) is 15.3. The maximum Gasteiger partial charge on any atom is 0.326 e. The van der Waals surface area contributed by atoms with Crippen LogP contribution in [0.15, 0.2) is 29.1 Å². The van der Waals surface area contributed by atoms with Crippen molar-refractivity contribution >= 4 is 27.7 Å². The fourth-order valence-corrected chi connectivity index (χ4v) is 4.04. The zero-order valence-electron chi connectivity index (χ0n) is 13.4. The summed E-state index contributed by atoms with van der Waals surface area (Å²) in [5.41, 5.74) is 1.87. The lowest BCUT2D eigenvalue weighted by molar-refractivity contribution is 0.179. The van der Waals surface area contributed by atoms with Gasteiger partial charge in [-0.15, -0.1) is 0 Å². The second-order valence-electron chi connectivity index (χ2n) is 5.96. The van der Waals surface area contributed by atoms with Crippen molar-refractivity contribution in [2.45, 2.75) is 25.5 Å². The standard InChI is InChI=1S/C16H19N5O2S/c1-23-10-14-18-16(24-19-14)20-8-6-11(7-9-20)21-13-5-3-2-4-12(13)17-15(21)22/h2-5,11H,6-10H2,1H3,(H,17,22). The summed E-state index contributed by atoms with van der Waals surface area (Å²) < 4.78 is 11.3. The van der Waals surface area contributed by atoms with E-state index in [1.54, 1.807) is 7.11 Å². The molecule has 1 aliphatic rings. The number of anilines is 1. The zero-order chi connectivity index (χ0) is 16.5. The van der Waals surface area contributed by atoms with Crippen LogP contribution in [0.5, 0.6) is 0 Å². The van der Waals surface area contributed by atoms with Crippen molar-refractivity contribution in [1.29, 1.82) is 0 Å². The minimum atomic E-state index is -0.0204. The molecule has 0 radical (unpaired) electrons.